The molecule has 35 heavy (non-hydrogen) atoms. The van der Waals surface area contributed by atoms with Gasteiger partial charge in [0.2, 0.25) is 21.8 Å². The van der Waals surface area contributed by atoms with Gasteiger partial charge in [0.25, 0.3) is 0 Å². The molecule has 7 nitrogen and oxygen atoms in total. The van der Waals surface area contributed by atoms with Gasteiger partial charge >= 0.3 is 6.18 Å². The SMILES string of the molecule is CC(C)(CC(=O)NC1C2CC3CC1CC(C(N)=O)(C3)C2)NS(=O)(=O)c1ccc(F)cc1C(F)(F)F. The molecule has 2 unspecified atom stereocenters. The van der Waals surface area contributed by atoms with E-state index < -0.39 is 49.3 Å². The van der Waals surface area contributed by atoms with Crippen LogP contribution in [-0.2, 0) is 25.8 Å². The summed E-state index contributed by atoms with van der Waals surface area (Å²) >= 11 is 0. The van der Waals surface area contributed by atoms with Gasteiger partial charge in [0, 0.05) is 23.4 Å². The van der Waals surface area contributed by atoms with Crippen LogP contribution in [-0.4, -0.2) is 31.8 Å². The lowest BCUT2D eigenvalue weighted by molar-refractivity contribution is -0.147. The minimum atomic E-state index is -5.09. The first-order chi connectivity index (χ1) is 16.0. The Morgan fingerprint density at radius 1 is 1.11 bits per heavy atom. The summed E-state index contributed by atoms with van der Waals surface area (Å²) in [4.78, 5) is 23.9. The van der Waals surface area contributed by atoms with Crippen molar-refractivity contribution < 1.29 is 35.6 Å². The molecule has 194 valence electrons. The van der Waals surface area contributed by atoms with Crippen LogP contribution in [0.4, 0.5) is 17.6 Å². The van der Waals surface area contributed by atoms with E-state index in [0.29, 0.717) is 30.9 Å². The second-order valence-corrected chi connectivity index (χ2v) is 12.7. The fourth-order valence-corrected chi connectivity index (χ4v) is 8.23. The predicted molar refractivity (Wildman–Crippen MR) is 118 cm³/mol. The van der Waals surface area contributed by atoms with E-state index in [1.807, 2.05) is 0 Å². The molecule has 0 radical (unpaired) electrons. The minimum Gasteiger partial charge on any atom is -0.369 e. The molecule has 4 saturated carbocycles. The van der Waals surface area contributed by atoms with Crippen LogP contribution < -0.4 is 15.8 Å². The van der Waals surface area contributed by atoms with Crippen LogP contribution in [0.15, 0.2) is 23.1 Å². The number of benzene rings is 1. The highest BCUT2D eigenvalue weighted by Gasteiger charge is 2.58. The van der Waals surface area contributed by atoms with Gasteiger partial charge in [-0.15, -0.1) is 0 Å². The molecule has 4 bridgehead atoms. The molecular formula is C23H29F4N3O4S. The lowest BCUT2D eigenvalue weighted by atomic mass is 9.47. The van der Waals surface area contributed by atoms with Gasteiger partial charge in [0.05, 0.1) is 10.5 Å². The highest BCUT2D eigenvalue weighted by atomic mass is 32.2. The second-order valence-electron chi connectivity index (χ2n) is 11.0. The molecule has 4 fully saturated rings. The largest absolute Gasteiger partial charge is 0.417 e. The van der Waals surface area contributed by atoms with E-state index >= 15 is 0 Å². The molecule has 2 amide bonds. The number of hydrogen-bond donors (Lipinski definition) is 3. The number of alkyl halides is 3. The third-order valence-corrected chi connectivity index (χ3v) is 9.43. The summed E-state index contributed by atoms with van der Waals surface area (Å²) in [6.45, 7) is 2.78. The van der Waals surface area contributed by atoms with Crippen LogP contribution >= 0.6 is 0 Å². The van der Waals surface area contributed by atoms with Crippen molar-refractivity contribution in [2.24, 2.45) is 28.9 Å². The van der Waals surface area contributed by atoms with Crippen molar-refractivity contribution >= 4 is 21.8 Å². The molecule has 4 N–H and O–H groups in total. The van der Waals surface area contributed by atoms with Gasteiger partial charge in [0.1, 0.15) is 5.82 Å². The molecule has 0 saturated heterocycles. The molecule has 0 aliphatic heterocycles. The maximum atomic E-state index is 13.4. The topological polar surface area (TPSA) is 118 Å². The van der Waals surface area contributed by atoms with Crippen molar-refractivity contribution in [1.82, 2.24) is 10.0 Å². The fraction of sp³-hybridized carbons (Fsp3) is 0.652. The maximum absolute atomic E-state index is 13.4. The molecule has 4 aliphatic carbocycles. The summed E-state index contributed by atoms with van der Waals surface area (Å²) in [6, 6.07) is 1.15. The quantitative estimate of drug-likeness (QED) is 0.480. The zero-order chi connectivity index (χ0) is 26.0. The summed E-state index contributed by atoms with van der Waals surface area (Å²) in [7, 11) is -4.73. The van der Waals surface area contributed by atoms with Gasteiger partial charge in [-0.1, -0.05) is 0 Å². The number of carbonyl (C=O) groups is 2. The van der Waals surface area contributed by atoms with Gasteiger partial charge in [-0.25, -0.2) is 17.5 Å². The van der Waals surface area contributed by atoms with Crippen molar-refractivity contribution in [1.29, 1.82) is 0 Å². The first-order valence-corrected chi connectivity index (χ1v) is 13.0. The van der Waals surface area contributed by atoms with Crippen LogP contribution in [0.2, 0.25) is 0 Å². The Kier molecular flexibility index (Phi) is 6.23. The highest BCUT2D eigenvalue weighted by Crippen LogP contribution is 2.59. The summed E-state index contributed by atoms with van der Waals surface area (Å²) in [5, 5.41) is 2.99. The monoisotopic (exact) mass is 519 g/mol. The van der Waals surface area contributed by atoms with Crippen molar-refractivity contribution in [3.05, 3.63) is 29.6 Å². The van der Waals surface area contributed by atoms with Gasteiger partial charge < -0.3 is 11.1 Å². The Balaban J connectivity index is 1.45. The first-order valence-electron chi connectivity index (χ1n) is 11.5. The van der Waals surface area contributed by atoms with E-state index in [2.05, 4.69) is 10.0 Å². The molecule has 5 rings (SSSR count). The third-order valence-electron chi connectivity index (χ3n) is 7.67. The normalized spacial score (nSPS) is 30.3. The highest BCUT2D eigenvalue weighted by molar-refractivity contribution is 7.89. The van der Waals surface area contributed by atoms with E-state index in [4.69, 9.17) is 5.73 Å². The fourth-order valence-electron chi connectivity index (χ4n) is 6.61. The average Bonchev–Trinajstić information content (AvgIpc) is 2.68. The average molecular weight is 520 g/mol. The Bertz CT molecular complexity index is 1140. The molecule has 4 aliphatic rings. The minimum absolute atomic E-state index is 0.103. The summed E-state index contributed by atoms with van der Waals surface area (Å²) in [5.41, 5.74) is 2.12. The van der Waals surface area contributed by atoms with E-state index in [1.165, 1.54) is 13.8 Å². The molecule has 1 aromatic rings. The molecule has 2 atom stereocenters. The smallest absolute Gasteiger partial charge is 0.369 e. The van der Waals surface area contributed by atoms with Crippen LogP contribution in [0.5, 0.6) is 0 Å². The lowest BCUT2D eigenvalue weighted by Gasteiger charge is -2.58. The number of primary amides is 1. The molecule has 0 aromatic heterocycles. The maximum Gasteiger partial charge on any atom is 0.417 e. The van der Waals surface area contributed by atoms with Crippen molar-refractivity contribution in [3.8, 4) is 0 Å². The zero-order valence-corrected chi connectivity index (χ0v) is 20.2. The first kappa shape index (κ1) is 25.9. The molecule has 0 heterocycles. The number of amides is 2. The van der Waals surface area contributed by atoms with Gasteiger partial charge in [-0.2, -0.15) is 13.2 Å². The van der Waals surface area contributed by atoms with Crippen LogP contribution in [0.1, 0.15) is 57.9 Å². The Labute approximate surface area is 201 Å². The van der Waals surface area contributed by atoms with E-state index in [1.54, 1.807) is 0 Å². The Morgan fingerprint density at radius 3 is 2.26 bits per heavy atom. The van der Waals surface area contributed by atoms with Crippen LogP contribution in [0.25, 0.3) is 0 Å². The third kappa shape index (κ3) is 5.04. The number of nitrogens with one attached hydrogen (secondary N) is 2. The van der Waals surface area contributed by atoms with Crippen molar-refractivity contribution in [2.45, 2.75) is 75.0 Å². The zero-order valence-electron chi connectivity index (χ0n) is 19.4. The second kappa shape index (κ2) is 8.43. The number of carbonyl (C=O) groups excluding carboxylic acids is 2. The molecule has 0 spiro atoms. The number of sulfonamides is 1. The number of halogens is 4. The number of rotatable bonds is 7. The van der Waals surface area contributed by atoms with Crippen molar-refractivity contribution in [2.75, 3.05) is 0 Å². The Morgan fingerprint density at radius 2 is 1.71 bits per heavy atom. The lowest BCUT2D eigenvalue weighted by Crippen LogP contribution is -2.62. The molecular weight excluding hydrogens is 490 g/mol. The molecule has 12 heteroatoms. The predicted octanol–water partition coefficient (Wildman–Crippen LogP) is 3.09. The van der Waals surface area contributed by atoms with E-state index in [-0.39, 0.29) is 36.3 Å². The summed E-state index contributed by atoms with van der Waals surface area (Å²) in [5.74, 6) is -1.36. The summed E-state index contributed by atoms with van der Waals surface area (Å²) < 4.78 is 81.1. The Hall–Kier alpha value is -2.21. The van der Waals surface area contributed by atoms with E-state index in [0.717, 1.165) is 19.3 Å². The number of hydrogen-bond acceptors (Lipinski definition) is 4. The van der Waals surface area contributed by atoms with Crippen molar-refractivity contribution in [3.63, 3.8) is 0 Å². The van der Waals surface area contributed by atoms with Crippen LogP contribution in [0, 0.1) is 29.0 Å². The molecule has 1 aromatic carbocycles. The van der Waals surface area contributed by atoms with E-state index in [9.17, 15) is 35.6 Å². The number of nitrogens with two attached hydrogens (primary N) is 1. The van der Waals surface area contributed by atoms with Gasteiger partial charge in [-0.05, 0) is 81.9 Å². The standard InChI is InChI=1S/C23H29F4N3O4S/c1-21(2,30-35(33,34)17-4-3-15(24)7-16(17)23(25,26)27)11-18(31)29-19-13-5-12-6-14(19)10-22(8-12,9-13)20(28)32/h3-4,7,12-14,19,30H,5-6,8-11H2,1-2H3,(H2,28,32)(H,29,31). The van der Waals surface area contributed by atoms with Gasteiger partial charge in [-0.3, -0.25) is 9.59 Å². The van der Waals surface area contributed by atoms with Gasteiger partial charge in [0.15, 0.2) is 0 Å². The summed E-state index contributed by atoms with van der Waals surface area (Å²) in [6.07, 6.45) is -1.63. The van der Waals surface area contributed by atoms with Crippen LogP contribution in [0.3, 0.4) is 0 Å².